The number of carboxylic acid groups (broad SMARTS) is 1. The van der Waals surface area contributed by atoms with Crippen molar-refractivity contribution in [1.29, 1.82) is 5.26 Å². The lowest BCUT2D eigenvalue weighted by Gasteiger charge is -2.21. The maximum atomic E-state index is 13.3. The second-order valence-electron chi connectivity index (χ2n) is 6.94. The second kappa shape index (κ2) is 9.08. The van der Waals surface area contributed by atoms with Crippen LogP contribution in [0.2, 0.25) is 0 Å². The molecule has 1 aromatic carbocycles. The Hall–Kier alpha value is -4.20. The standard InChI is InChI=1S/C20H22N8O3/c1-11-5-3-6-14-15(11)19(29)28(8-4-7-23-20(30)31)18(27-14)12(2)26-17-13(9-21)16(22)24-10-25-17/h3,5-6,10,12,23H,4,7-8H2,1-2H3,(H,30,31)(H3,22,24,25,26). The highest BCUT2D eigenvalue weighted by Gasteiger charge is 2.20. The van der Waals surface area contributed by atoms with Crippen LogP contribution in [0.1, 0.15) is 36.3 Å². The van der Waals surface area contributed by atoms with Gasteiger partial charge in [0.25, 0.3) is 5.56 Å². The van der Waals surface area contributed by atoms with Crippen molar-refractivity contribution in [2.45, 2.75) is 32.9 Å². The summed E-state index contributed by atoms with van der Waals surface area (Å²) < 4.78 is 1.52. The first kappa shape index (κ1) is 21.5. The van der Waals surface area contributed by atoms with E-state index >= 15 is 0 Å². The van der Waals surface area contributed by atoms with Crippen LogP contribution in [0.15, 0.2) is 29.3 Å². The lowest BCUT2D eigenvalue weighted by Crippen LogP contribution is -2.31. The molecule has 0 saturated carbocycles. The summed E-state index contributed by atoms with van der Waals surface area (Å²) in [6.45, 7) is 4.07. The number of hydrogen-bond acceptors (Lipinski definition) is 8. The van der Waals surface area contributed by atoms with E-state index in [4.69, 9.17) is 15.8 Å². The molecule has 1 unspecified atom stereocenters. The number of nitrogen functional groups attached to an aromatic ring is 1. The molecular formula is C20H22N8O3. The number of aromatic nitrogens is 4. The number of carbonyl (C=O) groups is 1. The third kappa shape index (κ3) is 4.53. The van der Waals surface area contributed by atoms with Gasteiger partial charge < -0.3 is 21.5 Å². The number of nitrogens with one attached hydrogen (secondary N) is 2. The summed E-state index contributed by atoms with van der Waals surface area (Å²) in [4.78, 5) is 36.6. The average Bonchev–Trinajstić information content (AvgIpc) is 2.72. The fraction of sp³-hybridized carbons (Fsp3) is 0.300. The predicted molar refractivity (Wildman–Crippen MR) is 115 cm³/mol. The van der Waals surface area contributed by atoms with Gasteiger partial charge in [0.2, 0.25) is 0 Å². The zero-order valence-corrected chi connectivity index (χ0v) is 17.1. The number of benzene rings is 1. The molecule has 3 rings (SSSR count). The molecule has 3 aromatic rings. The Balaban J connectivity index is 2.04. The van der Waals surface area contributed by atoms with Crippen LogP contribution < -0.4 is 21.9 Å². The Morgan fingerprint density at radius 3 is 2.87 bits per heavy atom. The lowest BCUT2D eigenvalue weighted by atomic mass is 10.1. The molecule has 0 saturated heterocycles. The van der Waals surface area contributed by atoms with Crippen LogP contribution in [0, 0.1) is 18.3 Å². The van der Waals surface area contributed by atoms with Crippen molar-refractivity contribution < 1.29 is 9.90 Å². The van der Waals surface area contributed by atoms with E-state index in [2.05, 4.69) is 20.6 Å². The van der Waals surface area contributed by atoms with E-state index in [1.807, 2.05) is 25.1 Å². The van der Waals surface area contributed by atoms with Crippen LogP contribution in [0.4, 0.5) is 16.4 Å². The van der Waals surface area contributed by atoms with Crippen molar-refractivity contribution in [2.75, 3.05) is 17.6 Å². The molecule has 2 heterocycles. The highest BCUT2D eigenvalue weighted by Crippen LogP contribution is 2.23. The zero-order chi connectivity index (χ0) is 22.5. The maximum Gasteiger partial charge on any atom is 0.404 e. The monoisotopic (exact) mass is 422 g/mol. The topological polar surface area (TPSA) is 172 Å². The molecule has 0 aliphatic heterocycles. The number of anilines is 2. The zero-order valence-electron chi connectivity index (χ0n) is 17.1. The van der Waals surface area contributed by atoms with E-state index in [1.165, 1.54) is 10.9 Å². The van der Waals surface area contributed by atoms with Crippen molar-refractivity contribution in [2.24, 2.45) is 0 Å². The van der Waals surface area contributed by atoms with Crippen LogP contribution in [0.5, 0.6) is 0 Å². The van der Waals surface area contributed by atoms with E-state index in [-0.39, 0.29) is 35.8 Å². The number of fused-ring (bicyclic) bond motifs is 1. The maximum absolute atomic E-state index is 13.3. The van der Waals surface area contributed by atoms with Gasteiger partial charge >= 0.3 is 6.09 Å². The molecule has 5 N–H and O–H groups in total. The first-order valence-corrected chi connectivity index (χ1v) is 9.57. The average molecular weight is 422 g/mol. The molecule has 0 aliphatic rings. The van der Waals surface area contributed by atoms with Crippen LogP contribution in [0.3, 0.4) is 0 Å². The number of amides is 1. The van der Waals surface area contributed by atoms with E-state index in [0.29, 0.717) is 23.1 Å². The fourth-order valence-electron chi connectivity index (χ4n) is 3.31. The van der Waals surface area contributed by atoms with Crippen molar-refractivity contribution in [3.05, 3.63) is 51.8 Å². The highest BCUT2D eigenvalue weighted by molar-refractivity contribution is 5.81. The van der Waals surface area contributed by atoms with Gasteiger partial charge in [-0.25, -0.2) is 19.7 Å². The summed E-state index contributed by atoms with van der Waals surface area (Å²) in [5.74, 6) is 0.714. The molecule has 2 aromatic heterocycles. The summed E-state index contributed by atoms with van der Waals surface area (Å²) in [6, 6.07) is 6.89. The molecule has 31 heavy (non-hydrogen) atoms. The minimum Gasteiger partial charge on any atom is -0.465 e. The largest absolute Gasteiger partial charge is 0.465 e. The molecule has 0 fully saturated rings. The first-order valence-electron chi connectivity index (χ1n) is 9.57. The van der Waals surface area contributed by atoms with E-state index in [1.54, 1.807) is 13.0 Å². The van der Waals surface area contributed by atoms with Gasteiger partial charge in [-0.15, -0.1) is 0 Å². The van der Waals surface area contributed by atoms with E-state index < -0.39 is 12.1 Å². The van der Waals surface area contributed by atoms with Gasteiger partial charge in [0.15, 0.2) is 0 Å². The summed E-state index contributed by atoms with van der Waals surface area (Å²) >= 11 is 0. The van der Waals surface area contributed by atoms with Gasteiger partial charge in [0.1, 0.15) is 35.4 Å². The molecule has 0 aliphatic carbocycles. The SMILES string of the molecule is Cc1cccc2nc(C(C)Nc3ncnc(N)c3C#N)n(CCCNC(=O)O)c(=O)c12. The normalized spacial score (nSPS) is 11.6. The Bertz CT molecular complexity index is 1230. The lowest BCUT2D eigenvalue weighted by molar-refractivity contribution is 0.194. The summed E-state index contributed by atoms with van der Waals surface area (Å²) in [7, 11) is 0. The number of rotatable bonds is 7. The van der Waals surface area contributed by atoms with E-state index in [9.17, 15) is 14.9 Å². The molecule has 0 bridgehead atoms. The third-order valence-corrected chi connectivity index (χ3v) is 4.79. The third-order valence-electron chi connectivity index (χ3n) is 4.79. The molecule has 11 heteroatoms. The van der Waals surface area contributed by atoms with E-state index in [0.717, 1.165) is 5.56 Å². The highest BCUT2D eigenvalue weighted by atomic mass is 16.4. The van der Waals surface area contributed by atoms with Crippen molar-refractivity contribution in [3.8, 4) is 6.07 Å². The Morgan fingerprint density at radius 1 is 1.39 bits per heavy atom. The van der Waals surface area contributed by atoms with Crippen LogP contribution in [0.25, 0.3) is 10.9 Å². The number of nitrogens with two attached hydrogens (primary N) is 1. The number of nitriles is 1. The Kier molecular flexibility index (Phi) is 6.30. The Labute approximate surface area is 177 Å². The molecule has 11 nitrogen and oxygen atoms in total. The van der Waals surface area contributed by atoms with Crippen molar-refractivity contribution in [1.82, 2.24) is 24.8 Å². The molecule has 160 valence electrons. The quantitative estimate of drug-likeness (QED) is 0.414. The summed E-state index contributed by atoms with van der Waals surface area (Å²) in [5, 5.41) is 24.0. The predicted octanol–water partition coefficient (Wildman–Crippen LogP) is 1.78. The summed E-state index contributed by atoms with van der Waals surface area (Å²) in [5.41, 5.74) is 6.99. The molecular weight excluding hydrogens is 400 g/mol. The number of hydrogen-bond donors (Lipinski definition) is 4. The minimum absolute atomic E-state index is 0.0476. The second-order valence-corrected chi connectivity index (χ2v) is 6.94. The van der Waals surface area contributed by atoms with Crippen LogP contribution in [-0.4, -0.2) is 37.3 Å². The van der Waals surface area contributed by atoms with Gasteiger partial charge in [0.05, 0.1) is 16.9 Å². The van der Waals surface area contributed by atoms with Crippen molar-refractivity contribution in [3.63, 3.8) is 0 Å². The number of nitrogens with zero attached hydrogens (tertiary/aromatic N) is 5. The van der Waals surface area contributed by atoms with Crippen LogP contribution >= 0.6 is 0 Å². The number of aryl methyl sites for hydroxylation is 1. The Morgan fingerprint density at radius 2 is 2.16 bits per heavy atom. The molecule has 1 amide bonds. The van der Waals surface area contributed by atoms with Crippen LogP contribution in [-0.2, 0) is 6.54 Å². The van der Waals surface area contributed by atoms with Gasteiger partial charge in [-0.1, -0.05) is 12.1 Å². The van der Waals surface area contributed by atoms with Gasteiger partial charge in [-0.2, -0.15) is 5.26 Å². The summed E-state index contributed by atoms with van der Waals surface area (Å²) in [6.07, 6.45) is 0.516. The van der Waals surface area contributed by atoms with Gasteiger partial charge in [-0.05, 0) is 31.9 Å². The minimum atomic E-state index is -1.12. The smallest absolute Gasteiger partial charge is 0.404 e. The molecule has 0 radical (unpaired) electrons. The fourth-order valence-corrected chi connectivity index (χ4v) is 3.31. The van der Waals surface area contributed by atoms with Crippen molar-refractivity contribution >= 4 is 28.6 Å². The first-order chi connectivity index (χ1) is 14.8. The van der Waals surface area contributed by atoms with Gasteiger partial charge in [-0.3, -0.25) is 9.36 Å². The molecule has 0 spiro atoms. The molecule has 1 atom stereocenters. The van der Waals surface area contributed by atoms with Gasteiger partial charge in [0, 0.05) is 13.1 Å².